The van der Waals surface area contributed by atoms with Gasteiger partial charge >= 0.3 is 0 Å². The van der Waals surface area contributed by atoms with Crippen LogP contribution < -0.4 is 10.6 Å². The van der Waals surface area contributed by atoms with Crippen molar-refractivity contribution >= 4 is 5.91 Å². The molecule has 0 aliphatic carbocycles. The largest absolute Gasteiger partial charge is 0.396 e. The molecule has 1 aromatic carbocycles. The second-order valence-corrected chi connectivity index (χ2v) is 5.75. The van der Waals surface area contributed by atoms with Gasteiger partial charge in [0.05, 0.1) is 6.04 Å². The number of rotatable bonds is 4. The first kappa shape index (κ1) is 14.0. The SMILES string of the molecule is CC(C)(CCO)NC(=O)[C@H]1Cc2ccccc2CN1. The van der Waals surface area contributed by atoms with Gasteiger partial charge in [0, 0.05) is 18.7 Å². The Labute approximate surface area is 114 Å². The predicted molar refractivity (Wildman–Crippen MR) is 74.7 cm³/mol. The van der Waals surface area contributed by atoms with E-state index in [0.717, 1.165) is 13.0 Å². The Kier molecular flexibility index (Phi) is 4.22. The maximum Gasteiger partial charge on any atom is 0.237 e. The van der Waals surface area contributed by atoms with Gasteiger partial charge in [0.15, 0.2) is 0 Å². The maximum atomic E-state index is 12.2. The van der Waals surface area contributed by atoms with Crippen molar-refractivity contribution in [2.45, 2.75) is 44.8 Å². The molecule has 1 aromatic rings. The van der Waals surface area contributed by atoms with Gasteiger partial charge in [-0.05, 0) is 37.8 Å². The molecule has 0 aromatic heterocycles. The molecule has 0 radical (unpaired) electrons. The maximum absolute atomic E-state index is 12.2. The molecule has 0 spiro atoms. The molecule has 1 aliphatic heterocycles. The van der Waals surface area contributed by atoms with E-state index in [1.807, 2.05) is 26.0 Å². The van der Waals surface area contributed by atoms with E-state index in [4.69, 9.17) is 5.11 Å². The molecule has 1 aliphatic rings. The fraction of sp³-hybridized carbons (Fsp3) is 0.533. The molecule has 1 atom stereocenters. The van der Waals surface area contributed by atoms with Gasteiger partial charge in [-0.25, -0.2) is 0 Å². The van der Waals surface area contributed by atoms with Crippen LogP contribution >= 0.6 is 0 Å². The Morgan fingerprint density at radius 1 is 1.42 bits per heavy atom. The Bertz CT molecular complexity index is 457. The van der Waals surface area contributed by atoms with E-state index in [-0.39, 0.29) is 24.1 Å². The number of aliphatic hydroxyl groups excluding tert-OH is 1. The van der Waals surface area contributed by atoms with Crippen LogP contribution in [0, 0.1) is 0 Å². The minimum atomic E-state index is -0.371. The fourth-order valence-electron chi connectivity index (χ4n) is 2.40. The van der Waals surface area contributed by atoms with Crippen LogP contribution in [0.5, 0.6) is 0 Å². The molecule has 1 amide bonds. The lowest BCUT2D eigenvalue weighted by Gasteiger charge is -2.31. The van der Waals surface area contributed by atoms with Gasteiger partial charge in [-0.15, -0.1) is 0 Å². The molecular formula is C15H22N2O2. The van der Waals surface area contributed by atoms with Crippen molar-refractivity contribution < 1.29 is 9.90 Å². The summed E-state index contributed by atoms with van der Waals surface area (Å²) in [4.78, 5) is 12.2. The Balaban J connectivity index is 1.99. The highest BCUT2D eigenvalue weighted by Gasteiger charge is 2.28. The van der Waals surface area contributed by atoms with Crippen LogP contribution in [0.15, 0.2) is 24.3 Å². The summed E-state index contributed by atoms with van der Waals surface area (Å²) in [5, 5.41) is 15.2. The monoisotopic (exact) mass is 262 g/mol. The van der Waals surface area contributed by atoms with E-state index in [0.29, 0.717) is 6.42 Å². The van der Waals surface area contributed by atoms with E-state index in [1.165, 1.54) is 11.1 Å². The van der Waals surface area contributed by atoms with Crippen LogP contribution in [0.4, 0.5) is 0 Å². The van der Waals surface area contributed by atoms with Crippen molar-refractivity contribution in [3.05, 3.63) is 35.4 Å². The highest BCUT2D eigenvalue weighted by molar-refractivity contribution is 5.83. The zero-order chi connectivity index (χ0) is 13.9. The van der Waals surface area contributed by atoms with Gasteiger partial charge in [-0.1, -0.05) is 24.3 Å². The zero-order valence-corrected chi connectivity index (χ0v) is 11.6. The molecule has 104 valence electrons. The summed E-state index contributed by atoms with van der Waals surface area (Å²) in [6, 6.07) is 8.01. The van der Waals surface area contributed by atoms with E-state index < -0.39 is 0 Å². The first-order valence-corrected chi connectivity index (χ1v) is 6.75. The van der Waals surface area contributed by atoms with Crippen molar-refractivity contribution in [3.63, 3.8) is 0 Å². The fourth-order valence-corrected chi connectivity index (χ4v) is 2.40. The van der Waals surface area contributed by atoms with Crippen molar-refractivity contribution in [2.24, 2.45) is 0 Å². The van der Waals surface area contributed by atoms with Gasteiger partial charge in [-0.2, -0.15) is 0 Å². The number of nitrogens with one attached hydrogen (secondary N) is 2. The van der Waals surface area contributed by atoms with Crippen LogP contribution in [0.25, 0.3) is 0 Å². The molecule has 0 unspecified atom stereocenters. The van der Waals surface area contributed by atoms with Crippen LogP contribution in [-0.2, 0) is 17.8 Å². The summed E-state index contributed by atoms with van der Waals surface area (Å²) in [5.41, 5.74) is 2.13. The third-order valence-corrected chi connectivity index (χ3v) is 3.60. The molecule has 0 fully saturated rings. The number of benzene rings is 1. The van der Waals surface area contributed by atoms with Crippen molar-refractivity contribution in [1.29, 1.82) is 0 Å². The smallest absolute Gasteiger partial charge is 0.237 e. The second kappa shape index (κ2) is 5.72. The van der Waals surface area contributed by atoms with Gasteiger partial charge in [0.1, 0.15) is 0 Å². The van der Waals surface area contributed by atoms with Crippen LogP contribution in [0.1, 0.15) is 31.4 Å². The highest BCUT2D eigenvalue weighted by atomic mass is 16.3. The summed E-state index contributed by atoms with van der Waals surface area (Å²) < 4.78 is 0. The molecule has 0 saturated heterocycles. The van der Waals surface area contributed by atoms with Crippen molar-refractivity contribution in [1.82, 2.24) is 10.6 Å². The average Bonchev–Trinajstić information content (AvgIpc) is 2.37. The normalized spacial score (nSPS) is 18.8. The molecule has 4 heteroatoms. The van der Waals surface area contributed by atoms with Crippen molar-refractivity contribution in [2.75, 3.05) is 6.61 Å². The molecule has 2 rings (SSSR count). The standard InChI is InChI=1S/C15H22N2O2/c1-15(2,7-8-18)17-14(19)13-9-11-5-3-4-6-12(11)10-16-13/h3-6,13,16,18H,7-10H2,1-2H3,(H,17,19)/t13-/m1/s1. The zero-order valence-electron chi connectivity index (χ0n) is 11.6. The molecule has 4 nitrogen and oxygen atoms in total. The Morgan fingerprint density at radius 3 is 2.79 bits per heavy atom. The quantitative estimate of drug-likeness (QED) is 0.758. The predicted octanol–water partition coefficient (Wildman–Crippen LogP) is 0.978. The number of hydrogen-bond donors (Lipinski definition) is 3. The van der Waals surface area contributed by atoms with Crippen LogP contribution in [0.3, 0.4) is 0 Å². The summed E-state index contributed by atoms with van der Waals surface area (Å²) >= 11 is 0. The van der Waals surface area contributed by atoms with E-state index in [2.05, 4.69) is 22.8 Å². The highest BCUT2D eigenvalue weighted by Crippen LogP contribution is 2.17. The second-order valence-electron chi connectivity index (χ2n) is 5.75. The first-order valence-electron chi connectivity index (χ1n) is 6.75. The van der Waals surface area contributed by atoms with E-state index in [1.54, 1.807) is 0 Å². The summed E-state index contributed by atoms with van der Waals surface area (Å²) in [6.07, 6.45) is 1.28. The third kappa shape index (κ3) is 3.55. The lowest BCUT2D eigenvalue weighted by atomic mass is 9.94. The number of fused-ring (bicyclic) bond motifs is 1. The molecule has 3 N–H and O–H groups in total. The van der Waals surface area contributed by atoms with Gasteiger partial charge in [0.25, 0.3) is 0 Å². The number of aliphatic hydroxyl groups is 1. The number of amides is 1. The molecule has 0 bridgehead atoms. The lowest BCUT2D eigenvalue weighted by Crippen LogP contribution is -2.54. The van der Waals surface area contributed by atoms with Crippen LogP contribution in [-0.4, -0.2) is 29.2 Å². The average molecular weight is 262 g/mol. The van der Waals surface area contributed by atoms with Gasteiger partial charge < -0.3 is 15.7 Å². The third-order valence-electron chi connectivity index (χ3n) is 3.60. The Hall–Kier alpha value is -1.39. The minimum absolute atomic E-state index is 0.00736. The van der Waals surface area contributed by atoms with Crippen molar-refractivity contribution in [3.8, 4) is 0 Å². The molecule has 0 saturated carbocycles. The summed E-state index contributed by atoms with van der Waals surface area (Å²) in [6.45, 7) is 4.67. The van der Waals surface area contributed by atoms with E-state index >= 15 is 0 Å². The number of carbonyl (C=O) groups is 1. The number of carbonyl (C=O) groups excluding carboxylic acids is 1. The first-order chi connectivity index (χ1) is 9.02. The van der Waals surface area contributed by atoms with Crippen LogP contribution in [0.2, 0.25) is 0 Å². The minimum Gasteiger partial charge on any atom is -0.396 e. The molecular weight excluding hydrogens is 240 g/mol. The summed E-state index contributed by atoms with van der Waals surface area (Å²) in [5.74, 6) is 0.00736. The summed E-state index contributed by atoms with van der Waals surface area (Å²) in [7, 11) is 0. The van der Waals surface area contributed by atoms with E-state index in [9.17, 15) is 4.79 Å². The molecule has 1 heterocycles. The topological polar surface area (TPSA) is 61.4 Å². The van der Waals surface area contributed by atoms with Gasteiger partial charge in [0.2, 0.25) is 5.91 Å². The number of hydrogen-bond acceptors (Lipinski definition) is 3. The Morgan fingerprint density at radius 2 is 2.11 bits per heavy atom. The lowest BCUT2D eigenvalue weighted by molar-refractivity contribution is -0.125. The van der Waals surface area contributed by atoms with Gasteiger partial charge in [-0.3, -0.25) is 4.79 Å². The molecule has 19 heavy (non-hydrogen) atoms.